The molecule has 2 heterocycles. The highest BCUT2D eigenvalue weighted by atomic mass is 16.5. The molecule has 0 atom stereocenters. The van der Waals surface area contributed by atoms with Crippen molar-refractivity contribution in [2.75, 3.05) is 13.1 Å². The molecular weight excluding hydrogens is 350 g/mol. The molecule has 1 aromatic carbocycles. The molecule has 0 bridgehead atoms. The first-order chi connectivity index (χ1) is 13.2. The number of furan rings is 1. The number of hydrogen-bond donors (Lipinski definition) is 3. The van der Waals surface area contributed by atoms with Gasteiger partial charge in [0.15, 0.2) is 5.76 Å². The Morgan fingerprint density at radius 1 is 1.11 bits per heavy atom. The van der Waals surface area contributed by atoms with Crippen molar-refractivity contribution in [3.05, 3.63) is 60.1 Å². The van der Waals surface area contributed by atoms with Crippen molar-refractivity contribution in [1.29, 1.82) is 0 Å². The van der Waals surface area contributed by atoms with Gasteiger partial charge in [0, 0.05) is 13.0 Å². The van der Waals surface area contributed by atoms with Crippen LogP contribution in [0.2, 0.25) is 0 Å². The van der Waals surface area contributed by atoms with E-state index in [2.05, 4.69) is 25.8 Å². The van der Waals surface area contributed by atoms with Gasteiger partial charge in [-0.05, 0) is 17.7 Å². The third-order valence-electron chi connectivity index (χ3n) is 3.56. The zero-order chi connectivity index (χ0) is 18.9. The van der Waals surface area contributed by atoms with Gasteiger partial charge in [0.1, 0.15) is 12.4 Å². The van der Waals surface area contributed by atoms with Crippen molar-refractivity contribution in [1.82, 2.24) is 25.8 Å². The third-order valence-corrected chi connectivity index (χ3v) is 3.56. The standard InChI is InChI=1S/C18H19N5O4/c24-16(11-20-18(25)27-12-13-5-2-1-3-6-13)19-9-8-15-21-17(23-22-15)14-7-4-10-26-14/h1-7,10H,8-9,11-12H2,(H,19,24)(H,20,25)(H,21,22,23). The summed E-state index contributed by atoms with van der Waals surface area (Å²) in [7, 11) is 0. The molecule has 9 nitrogen and oxygen atoms in total. The monoisotopic (exact) mass is 369 g/mol. The molecule has 0 radical (unpaired) electrons. The maximum atomic E-state index is 11.8. The summed E-state index contributed by atoms with van der Waals surface area (Å²) in [6.07, 6.45) is 1.37. The largest absolute Gasteiger partial charge is 0.461 e. The van der Waals surface area contributed by atoms with Crippen LogP contribution in [-0.4, -0.2) is 40.3 Å². The summed E-state index contributed by atoms with van der Waals surface area (Å²) in [5.41, 5.74) is 0.873. The van der Waals surface area contributed by atoms with Crippen molar-refractivity contribution < 1.29 is 18.7 Å². The summed E-state index contributed by atoms with van der Waals surface area (Å²) in [5, 5.41) is 11.9. The van der Waals surface area contributed by atoms with Gasteiger partial charge in [0.05, 0.1) is 12.8 Å². The van der Waals surface area contributed by atoms with Crippen LogP contribution in [0.25, 0.3) is 11.6 Å². The second-order valence-corrected chi connectivity index (χ2v) is 5.60. The molecule has 0 fully saturated rings. The minimum Gasteiger partial charge on any atom is -0.461 e. The number of nitrogens with zero attached hydrogens (tertiary/aromatic N) is 2. The molecule has 9 heteroatoms. The molecule has 0 aliphatic rings. The average Bonchev–Trinajstić information content (AvgIpc) is 3.37. The number of H-pyrrole nitrogens is 1. The predicted molar refractivity (Wildman–Crippen MR) is 95.4 cm³/mol. The summed E-state index contributed by atoms with van der Waals surface area (Å²) in [4.78, 5) is 27.6. The number of ether oxygens (including phenoxy) is 1. The number of hydrogen-bond acceptors (Lipinski definition) is 6. The number of amides is 2. The first-order valence-electron chi connectivity index (χ1n) is 8.37. The van der Waals surface area contributed by atoms with E-state index in [1.54, 1.807) is 18.4 Å². The zero-order valence-corrected chi connectivity index (χ0v) is 14.5. The van der Waals surface area contributed by atoms with E-state index in [1.807, 2.05) is 30.3 Å². The number of carbonyl (C=O) groups excluding carboxylic acids is 2. The summed E-state index contributed by atoms with van der Waals surface area (Å²) in [5.74, 6) is 1.33. The number of rotatable bonds is 8. The average molecular weight is 369 g/mol. The van der Waals surface area contributed by atoms with E-state index in [4.69, 9.17) is 9.15 Å². The van der Waals surface area contributed by atoms with Crippen LogP contribution in [0.1, 0.15) is 11.4 Å². The fourth-order valence-electron chi connectivity index (χ4n) is 2.23. The van der Waals surface area contributed by atoms with Crippen molar-refractivity contribution in [2.45, 2.75) is 13.0 Å². The van der Waals surface area contributed by atoms with E-state index >= 15 is 0 Å². The normalized spacial score (nSPS) is 10.4. The first kappa shape index (κ1) is 18.2. The van der Waals surface area contributed by atoms with Crippen LogP contribution in [0.3, 0.4) is 0 Å². The molecule has 0 saturated heterocycles. The quantitative estimate of drug-likeness (QED) is 0.555. The Labute approximate surface area is 155 Å². The Kier molecular flexibility index (Phi) is 6.18. The molecule has 3 aromatic rings. The van der Waals surface area contributed by atoms with Crippen LogP contribution in [-0.2, 0) is 22.6 Å². The number of aromatic amines is 1. The van der Waals surface area contributed by atoms with Gasteiger partial charge in [-0.2, -0.15) is 5.10 Å². The molecular formula is C18H19N5O4. The molecule has 2 aromatic heterocycles. The Morgan fingerprint density at radius 2 is 1.96 bits per heavy atom. The van der Waals surface area contributed by atoms with Crippen molar-refractivity contribution >= 4 is 12.0 Å². The van der Waals surface area contributed by atoms with Crippen LogP contribution >= 0.6 is 0 Å². The van der Waals surface area contributed by atoms with Gasteiger partial charge >= 0.3 is 6.09 Å². The molecule has 2 amide bonds. The number of benzene rings is 1. The SMILES string of the molecule is O=C(CNC(=O)OCc1ccccc1)NCCc1nc(-c2ccco2)n[nH]1. The Balaban J connectivity index is 1.31. The molecule has 0 spiro atoms. The smallest absolute Gasteiger partial charge is 0.407 e. The minimum atomic E-state index is -0.646. The lowest BCUT2D eigenvalue weighted by Crippen LogP contribution is -2.37. The summed E-state index contributed by atoms with van der Waals surface area (Å²) < 4.78 is 10.2. The summed E-state index contributed by atoms with van der Waals surface area (Å²) in [6.45, 7) is 0.339. The molecule has 3 N–H and O–H groups in total. The van der Waals surface area contributed by atoms with Crippen molar-refractivity contribution in [3.8, 4) is 11.6 Å². The van der Waals surface area contributed by atoms with Gasteiger partial charge in [-0.15, -0.1) is 0 Å². The predicted octanol–water partition coefficient (Wildman–Crippen LogP) is 1.65. The minimum absolute atomic E-state index is 0.151. The number of aromatic nitrogens is 3. The van der Waals surface area contributed by atoms with Crippen molar-refractivity contribution in [3.63, 3.8) is 0 Å². The van der Waals surface area contributed by atoms with Gasteiger partial charge in [-0.25, -0.2) is 9.78 Å². The van der Waals surface area contributed by atoms with Gasteiger partial charge < -0.3 is 19.8 Å². The number of nitrogens with one attached hydrogen (secondary N) is 3. The Hall–Kier alpha value is -3.62. The first-order valence-corrected chi connectivity index (χ1v) is 8.37. The lowest BCUT2D eigenvalue weighted by molar-refractivity contribution is -0.120. The molecule has 0 aliphatic heterocycles. The lowest BCUT2D eigenvalue weighted by Gasteiger charge is -2.07. The van der Waals surface area contributed by atoms with E-state index < -0.39 is 6.09 Å². The molecule has 0 saturated carbocycles. The van der Waals surface area contributed by atoms with Crippen LogP contribution < -0.4 is 10.6 Å². The van der Waals surface area contributed by atoms with Crippen molar-refractivity contribution in [2.24, 2.45) is 0 Å². The molecule has 27 heavy (non-hydrogen) atoms. The molecule has 0 unspecified atom stereocenters. The van der Waals surface area contributed by atoms with Crippen LogP contribution in [0, 0.1) is 0 Å². The van der Waals surface area contributed by atoms with E-state index in [-0.39, 0.29) is 19.1 Å². The van der Waals surface area contributed by atoms with E-state index in [1.165, 1.54) is 0 Å². The third kappa shape index (κ3) is 5.70. The highest BCUT2D eigenvalue weighted by Crippen LogP contribution is 2.14. The van der Waals surface area contributed by atoms with E-state index in [9.17, 15) is 9.59 Å². The fourth-order valence-corrected chi connectivity index (χ4v) is 2.23. The second-order valence-electron chi connectivity index (χ2n) is 5.60. The molecule has 0 aliphatic carbocycles. The summed E-state index contributed by atoms with van der Waals surface area (Å²) in [6, 6.07) is 12.8. The summed E-state index contributed by atoms with van der Waals surface area (Å²) >= 11 is 0. The van der Waals surface area contributed by atoms with E-state index in [0.717, 1.165) is 5.56 Å². The van der Waals surface area contributed by atoms with Crippen LogP contribution in [0.15, 0.2) is 53.1 Å². The number of alkyl carbamates (subject to hydrolysis) is 1. The topological polar surface area (TPSA) is 122 Å². The van der Waals surface area contributed by atoms with Gasteiger partial charge in [0.2, 0.25) is 11.7 Å². The zero-order valence-electron chi connectivity index (χ0n) is 14.5. The van der Waals surface area contributed by atoms with Gasteiger partial charge in [-0.3, -0.25) is 9.89 Å². The Morgan fingerprint density at radius 3 is 2.74 bits per heavy atom. The van der Waals surface area contributed by atoms with Crippen LogP contribution in [0.5, 0.6) is 0 Å². The maximum Gasteiger partial charge on any atom is 0.407 e. The lowest BCUT2D eigenvalue weighted by atomic mass is 10.2. The second kappa shape index (κ2) is 9.18. The molecule has 140 valence electrons. The fraction of sp³-hybridized carbons (Fsp3) is 0.222. The molecule has 3 rings (SSSR count). The highest BCUT2D eigenvalue weighted by Gasteiger charge is 2.09. The van der Waals surface area contributed by atoms with Crippen LogP contribution in [0.4, 0.5) is 4.79 Å². The number of carbonyl (C=O) groups is 2. The Bertz CT molecular complexity index is 861. The van der Waals surface area contributed by atoms with Gasteiger partial charge in [0.25, 0.3) is 0 Å². The maximum absolute atomic E-state index is 11.8. The highest BCUT2D eigenvalue weighted by molar-refractivity contribution is 5.82. The van der Waals surface area contributed by atoms with E-state index in [0.29, 0.717) is 30.4 Å². The van der Waals surface area contributed by atoms with Gasteiger partial charge in [-0.1, -0.05) is 30.3 Å².